The molecule has 2 amide bonds. The molecule has 4 atom stereocenters. The van der Waals surface area contributed by atoms with E-state index in [2.05, 4.69) is 5.32 Å². The molecule has 4 unspecified atom stereocenters. The number of amides is 2. The van der Waals surface area contributed by atoms with Gasteiger partial charge in [0.05, 0.1) is 18.9 Å². The van der Waals surface area contributed by atoms with Crippen molar-refractivity contribution in [1.29, 1.82) is 0 Å². The normalized spacial score (nSPS) is 29.5. The monoisotopic (exact) mass is 404 g/mol. The third-order valence-electron chi connectivity index (χ3n) is 6.09. The van der Waals surface area contributed by atoms with Crippen LogP contribution in [0.15, 0.2) is 18.2 Å². The average Bonchev–Trinajstić information content (AvgIpc) is 3.10. The zero-order valence-corrected chi connectivity index (χ0v) is 17.5. The number of ether oxygens (including phenoxy) is 1. The molecule has 1 aromatic carbocycles. The summed E-state index contributed by atoms with van der Waals surface area (Å²) in [5.74, 6) is -4.22. The summed E-state index contributed by atoms with van der Waals surface area (Å²) in [7, 11) is 1.41. The summed E-state index contributed by atoms with van der Waals surface area (Å²) in [5, 5.41) is 23.2. The quantitative estimate of drug-likeness (QED) is 0.657. The number of aliphatic carboxylic acids is 1. The van der Waals surface area contributed by atoms with Crippen molar-refractivity contribution in [2.24, 2.45) is 17.8 Å². The fraction of sp³-hybridized carbons (Fsp3) is 0.571. The van der Waals surface area contributed by atoms with Crippen LogP contribution >= 0.6 is 0 Å². The van der Waals surface area contributed by atoms with E-state index in [0.29, 0.717) is 5.56 Å². The minimum absolute atomic E-state index is 0.0655. The maximum Gasteiger partial charge on any atom is 0.325 e. The molecule has 2 aliphatic rings. The van der Waals surface area contributed by atoms with Gasteiger partial charge in [0.15, 0.2) is 11.5 Å². The lowest BCUT2D eigenvalue weighted by atomic mass is 9.73. The number of fused-ring (bicyclic) bond motifs is 1. The number of imide groups is 1. The fourth-order valence-electron chi connectivity index (χ4n) is 4.75. The number of carbonyl (C=O) groups excluding carboxylic acids is 2. The number of rotatable bonds is 4. The number of carboxylic acids is 1. The van der Waals surface area contributed by atoms with Gasteiger partial charge in [0.2, 0.25) is 11.8 Å². The summed E-state index contributed by atoms with van der Waals surface area (Å²) in [5.41, 5.74) is -1.78. The van der Waals surface area contributed by atoms with Crippen LogP contribution in [0.25, 0.3) is 0 Å². The van der Waals surface area contributed by atoms with E-state index < -0.39 is 46.7 Å². The Morgan fingerprint density at radius 1 is 1.24 bits per heavy atom. The minimum Gasteiger partial charge on any atom is -0.504 e. The first-order chi connectivity index (χ1) is 13.4. The van der Waals surface area contributed by atoms with Gasteiger partial charge in [-0.3, -0.25) is 24.6 Å². The van der Waals surface area contributed by atoms with E-state index in [1.165, 1.54) is 18.1 Å². The van der Waals surface area contributed by atoms with Gasteiger partial charge in [-0.25, -0.2) is 0 Å². The van der Waals surface area contributed by atoms with E-state index in [1.54, 1.807) is 46.8 Å². The molecule has 0 aromatic heterocycles. The fourth-order valence-corrected chi connectivity index (χ4v) is 4.75. The predicted octanol–water partition coefficient (Wildman–Crippen LogP) is 1.92. The van der Waals surface area contributed by atoms with Crippen LogP contribution in [0.1, 0.15) is 46.2 Å². The molecule has 3 N–H and O–H groups in total. The van der Waals surface area contributed by atoms with Crippen molar-refractivity contribution in [3.05, 3.63) is 23.8 Å². The van der Waals surface area contributed by atoms with E-state index in [9.17, 15) is 24.6 Å². The zero-order chi connectivity index (χ0) is 21.9. The zero-order valence-electron chi connectivity index (χ0n) is 17.5. The molecule has 8 nitrogen and oxygen atoms in total. The first-order valence-electron chi connectivity index (χ1n) is 9.63. The highest BCUT2D eigenvalue weighted by atomic mass is 16.5. The third kappa shape index (κ3) is 2.88. The Balaban J connectivity index is 2.21. The van der Waals surface area contributed by atoms with Crippen LogP contribution in [0, 0.1) is 17.8 Å². The minimum atomic E-state index is -1.59. The Morgan fingerprint density at radius 3 is 2.34 bits per heavy atom. The Bertz CT molecular complexity index is 874. The number of benzene rings is 1. The number of likely N-dealkylation sites (tertiary alicyclic amines) is 1. The van der Waals surface area contributed by atoms with Crippen LogP contribution in [-0.2, 0) is 14.4 Å². The standard InChI is InChI=1S/C21H28N2O6/c1-10(2)21(19(27)28)15-14(17(25)23(18(15)26)20(3,4)5)16(22-21)11-7-8-12(24)13(9-11)29-6/h7-10,14-16,22,24H,1-6H3,(H,27,28). The van der Waals surface area contributed by atoms with Crippen LogP contribution in [0.5, 0.6) is 11.5 Å². The van der Waals surface area contributed by atoms with Crippen molar-refractivity contribution in [3.63, 3.8) is 0 Å². The molecule has 3 rings (SSSR count). The van der Waals surface area contributed by atoms with Crippen molar-refractivity contribution in [3.8, 4) is 11.5 Å². The molecule has 29 heavy (non-hydrogen) atoms. The molecule has 2 saturated heterocycles. The first-order valence-corrected chi connectivity index (χ1v) is 9.63. The summed E-state index contributed by atoms with van der Waals surface area (Å²) in [6.07, 6.45) is 0. The summed E-state index contributed by atoms with van der Waals surface area (Å²) < 4.78 is 5.17. The predicted molar refractivity (Wildman–Crippen MR) is 104 cm³/mol. The molecule has 8 heteroatoms. The van der Waals surface area contributed by atoms with E-state index in [-0.39, 0.29) is 17.4 Å². The number of nitrogens with one attached hydrogen (secondary N) is 1. The second-order valence-corrected chi connectivity index (χ2v) is 9.07. The largest absolute Gasteiger partial charge is 0.504 e. The number of carboxylic acid groups (broad SMARTS) is 1. The molecule has 2 aliphatic heterocycles. The van der Waals surface area contributed by atoms with Gasteiger partial charge < -0.3 is 14.9 Å². The smallest absolute Gasteiger partial charge is 0.325 e. The molecule has 0 bridgehead atoms. The Morgan fingerprint density at radius 2 is 1.86 bits per heavy atom. The maximum atomic E-state index is 13.4. The second-order valence-electron chi connectivity index (χ2n) is 9.07. The van der Waals surface area contributed by atoms with E-state index in [0.717, 1.165) is 0 Å². The Kier molecular flexibility index (Phi) is 4.89. The first kappa shape index (κ1) is 21.1. The molecule has 0 saturated carbocycles. The van der Waals surface area contributed by atoms with Crippen LogP contribution < -0.4 is 10.1 Å². The van der Waals surface area contributed by atoms with Gasteiger partial charge in [-0.05, 0) is 44.4 Å². The number of carbonyl (C=O) groups is 3. The highest BCUT2D eigenvalue weighted by Gasteiger charge is 2.70. The van der Waals surface area contributed by atoms with Crippen LogP contribution in [0.4, 0.5) is 0 Å². The van der Waals surface area contributed by atoms with E-state index in [4.69, 9.17) is 4.74 Å². The lowest BCUT2D eigenvalue weighted by molar-refractivity contribution is -0.155. The molecular formula is C21H28N2O6. The van der Waals surface area contributed by atoms with Crippen LogP contribution in [-0.4, -0.2) is 51.1 Å². The topological polar surface area (TPSA) is 116 Å². The number of nitrogens with zero attached hydrogens (tertiary/aromatic N) is 1. The maximum absolute atomic E-state index is 13.4. The molecule has 158 valence electrons. The number of hydrogen-bond acceptors (Lipinski definition) is 6. The number of hydrogen-bond donors (Lipinski definition) is 3. The van der Waals surface area contributed by atoms with Gasteiger partial charge in [0, 0.05) is 11.6 Å². The van der Waals surface area contributed by atoms with Gasteiger partial charge in [-0.2, -0.15) is 0 Å². The van der Waals surface area contributed by atoms with Crippen molar-refractivity contribution in [2.45, 2.75) is 51.7 Å². The number of phenolic OH excluding ortho intramolecular Hbond substituents is 1. The summed E-state index contributed by atoms with van der Waals surface area (Å²) in [4.78, 5) is 40.4. The third-order valence-corrected chi connectivity index (χ3v) is 6.09. The van der Waals surface area contributed by atoms with Crippen molar-refractivity contribution < 1.29 is 29.3 Å². The SMILES string of the molecule is COc1cc(C2NC(C(=O)O)(C(C)C)C3C(=O)N(C(C)(C)C)C(=O)C23)ccc1O. The van der Waals surface area contributed by atoms with Crippen LogP contribution in [0.3, 0.4) is 0 Å². The second kappa shape index (κ2) is 6.73. The lowest BCUT2D eigenvalue weighted by Crippen LogP contribution is -2.60. The molecule has 0 radical (unpaired) electrons. The molecule has 0 spiro atoms. The lowest BCUT2D eigenvalue weighted by Gasteiger charge is -2.37. The van der Waals surface area contributed by atoms with Gasteiger partial charge in [0.1, 0.15) is 5.54 Å². The van der Waals surface area contributed by atoms with Gasteiger partial charge in [0.25, 0.3) is 0 Å². The molecule has 2 heterocycles. The molecule has 1 aromatic rings. The number of methoxy groups -OCH3 is 1. The van der Waals surface area contributed by atoms with Gasteiger partial charge in [-0.15, -0.1) is 0 Å². The summed E-state index contributed by atoms with van der Waals surface area (Å²) in [6, 6.07) is 3.91. The summed E-state index contributed by atoms with van der Waals surface area (Å²) in [6.45, 7) is 8.74. The molecule has 2 fully saturated rings. The highest BCUT2D eigenvalue weighted by Crippen LogP contribution is 2.53. The Labute approximate surface area is 169 Å². The molecular weight excluding hydrogens is 376 g/mol. The van der Waals surface area contributed by atoms with Crippen molar-refractivity contribution in [2.75, 3.05) is 7.11 Å². The van der Waals surface area contributed by atoms with Gasteiger partial charge in [-0.1, -0.05) is 19.9 Å². The van der Waals surface area contributed by atoms with E-state index in [1.807, 2.05) is 0 Å². The average molecular weight is 404 g/mol. The van der Waals surface area contributed by atoms with Gasteiger partial charge >= 0.3 is 5.97 Å². The summed E-state index contributed by atoms with van der Waals surface area (Å²) >= 11 is 0. The highest BCUT2D eigenvalue weighted by molar-refractivity contribution is 6.10. The van der Waals surface area contributed by atoms with E-state index >= 15 is 0 Å². The van der Waals surface area contributed by atoms with Crippen molar-refractivity contribution >= 4 is 17.8 Å². The van der Waals surface area contributed by atoms with Crippen LogP contribution in [0.2, 0.25) is 0 Å². The number of phenols is 1. The Hall–Kier alpha value is -2.61. The molecule has 0 aliphatic carbocycles. The number of aromatic hydroxyl groups is 1. The van der Waals surface area contributed by atoms with Crippen molar-refractivity contribution in [1.82, 2.24) is 10.2 Å².